The fourth-order valence-corrected chi connectivity index (χ4v) is 6.52. The zero-order chi connectivity index (χ0) is 27.8. The minimum absolute atomic E-state index is 0.0640. The van der Waals surface area contributed by atoms with Crippen molar-refractivity contribution in [2.24, 2.45) is 0 Å². The van der Waals surface area contributed by atoms with Crippen LogP contribution in [0.2, 0.25) is 0 Å². The number of aromatic nitrogens is 1. The number of halogens is 1. The summed E-state index contributed by atoms with van der Waals surface area (Å²) in [4.78, 5) is 23.8. The van der Waals surface area contributed by atoms with Gasteiger partial charge in [0.05, 0.1) is 11.1 Å². The lowest BCUT2D eigenvalue weighted by atomic mass is 9.98. The highest BCUT2D eigenvalue weighted by molar-refractivity contribution is 6.07. The lowest BCUT2D eigenvalue weighted by Gasteiger charge is -2.29. The van der Waals surface area contributed by atoms with Crippen LogP contribution in [0.1, 0.15) is 47.3 Å². The highest BCUT2D eigenvalue weighted by Crippen LogP contribution is 2.37. The minimum atomic E-state index is -0.209. The second-order valence-electron chi connectivity index (χ2n) is 11.4. The molecule has 0 radical (unpaired) electrons. The first-order valence-corrected chi connectivity index (χ1v) is 14.7. The molecule has 7 rings (SSSR count). The molecule has 6 nitrogen and oxygen atoms in total. The van der Waals surface area contributed by atoms with Gasteiger partial charge in [-0.15, -0.1) is 0 Å². The Morgan fingerprint density at radius 1 is 0.878 bits per heavy atom. The van der Waals surface area contributed by atoms with Crippen molar-refractivity contribution in [1.82, 2.24) is 14.8 Å². The smallest absolute Gasteiger partial charge is 0.254 e. The van der Waals surface area contributed by atoms with E-state index in [1.807, 2.05) is 48.5 Å². The lowest BCUT2D eigenvalue weighted by molar-refractivity contribution is 0.0710. The third-order valence-corrected chi connectivity index (χ3v) is 8.71. The Labute approximate surface area is 239 Å². The van der Waals surface area contributed by atoms with Gasteiger partial charge in [0.25, 0.3) is 5.91 Å². The quantitative estimate of drug-likeness (QED) is 0.272. The number of amides is 1. The molecule has 0 spiro atoms. The molecule has 0 N–H and O–H groups in total. The van der Waals surface area contributed by atoms with E-state index in [2.05, 4.69) is 15.9 Å². The molecule has 3 aromatic carbocycles. The van der Waals surface area contributed by atoms with Crippen LogP contribution in [0.4, 0.5) is 4.39 Å². The number of likely N-dealkylation sites (tertiary alicyclic amines) is 2. The molecular formula is C34H34FN3O3. The number of rotatable bonds is 7. The molecular weight excluding hydrogens is 517 g/mol. The molecule has 0 aliphatic carbocycles. The topological polar surface area (TPSA) is 54.9 Å². The summed E-state index contributed by atoms with van der Waals surface area (Å²) >= 11 is 0. The summed E-state index contributed by atoms with van der Waals surface area (Å²) in [5.41, 5.74) is 4.89. The molecule has 7 heteroatoms. The molecule has 0 unspecified atom stereocenters. The molecule has 1 aromatic heterocycles. The number of carbonyl (C=O) groups excluding carboxylic acids is 1. The minimum Gasteiger partial charge on any atom is -0.454 e. The third kappa shape index (κ3) is 5.26. The summed E-state index contributed by atoms with van der Waals surface area (Å²) in [7, 11) is 0. The molecule has 0 saturated carbocycles. The Kier molecular flexibility index (Phi) is 7.05. The van der Waals surface area contributed by atoms with Crippen LogP contribution in [0.5, 0.6) is 11.5 Å². The third-order valence-electron chi connectivity index (χ3n) is 8.71. The summed E-state index contributed by atoms with van der Waals surface area (Å²) in [5, 5.41) is 0.839. The van der Waals surface area contributed by atoms with Gasteiger partial charge in [-0.05, 0) is 105 Å². The Balaban J connectivity index is 1.25. The van der Waals surface area contributed by atoms with E-state index in [0.717, 1.165) is 78.2 Å². The molecule has 41 heavy (non-hydrogen) atoms. The van der Waals surface area contributed by atoms with E-state index >= 15 is 0 Å². The van der Waals surface area contributed by atoms with E-state index in [9.17, 15) is 9.18 Å². The van der Waals surface area contributed by atoms with Crippen molar-refractivity contribution in [2.45, 2.75) is 44.6 Å². The number of hydrogen-bond acceptors (Lipinski definition) is 5. The van der Waals surface area contributed by atoms with Gasteiger partial charge >= 0.3 is 0 Å². The number of ether oxygens (including phenoxy) is 2. The highest BCUT2D eigenvalue weighted by Gasteiger charge is 2.32. The van der Waals surface area contributed by atoms with Gasteiger partial charge < -0.3 is 19.3 Å². The van der Waals surface area contributed by atoms with Crippen LogP contribution in [0.25, 0.3) is 22.0 Å². The predicted molar refractivity (Wildman–Crippen MR) is 157 cm³/mol. The first kappa shape index (κ1) is 26.0. The standard InChI is InChI=1S/C34H34FN3O3/c35-30-8-2-1-6-23(30)9-12-26-20-29(34(39)38-17-5-7-27(38)21-37-15-3-4-16-37)28-18-24(10-13-31(28)36-26)25-11-14-32-33(19-25)41-22-40-32/h1-2,6,8,10-11,13-14,18-20,27H,3-5,7,9,12,15-17,21-22H2/t27-/m0/s1. The van der Waals surface area contributed by atoms with Crippen molar-refractivity contribution in [3.05, 3.63) is 89.4 Å². The highest BCUT2D eigenvalue weighted by atomic mass is 19.1. The monoisotopic (exact) mass is 551 g/mol. The molecule has 2 saturated heterocycles. The number of aryl methyl sites for hydroxylation is 2. The summed E-state index contributed by atoms with van der Waals surface area (Å²) < 4.78 is 25.4. The number of nitrogens with zero attached hydrogens (tertiary/aromatic N) is 3. The largest absolute Gasteiger partial charge is 0.454 e. The summed E-state index contributed by atoms with van der Waals surface area (Å²) in [6, 6.07) is 21.0. The fraction of sp³-hybridized carbons (Fsp3) is 0.353. The molecule has 1 atom stereocenters. The zero-order valence-corrected chi connectivity index (χ0v) is 23.2. The number of pyridine rings is 1. The van der Waals surface area contributed by atoms with Crippen molar-refractivity contribution >= 4 is 16.8 Å². The van der Waals surface area contributed by atoms with Crippen LogP contribution in [-0.2, 0) is 12.8 Å². The van der Waals surface area contributed by atoms with Crippen LogP contribution < -0.4 is 9.47 Å². The van der Waals surface area contributed by atoms with Gasteiger partial charge in [-0.25, -0.2) is 4.39 Å². The van der Waals surface area contributed by atoms with Crippen LogP contribution in [-0.4, -0.2) is 59.7 Å². The van der Waals surface area contributed by atoms with E-state index in [4.69, 9.17) is 14.5 Å². The molecule has 4 aromatic rings. The van der Waals surface area contributed by atoms with E-state index in [0.29, 0.717) is 24.0 Å². The van der Waals surface area contributed by atoms with Gasteiger partial charge in [0.15, 0.2) is 11.5 Å². The molecule has 210 valence electrons. The van der Waals surface area contributed by atoms with Gasteiger partial charge in [0.1, 0.15) is 5.82 Å². The average Bonchev–Trinajstić information content (AvgIpc) is 3.78. The number of benzene rings is 3. The first-order valence-electron chi connectivity index (χ1n) is 14.7. The van der Waals surface area contributed by atoms with E-state index in [-0.39, 0.29) is 24.6 Å². The molecule has 1 amide bonds. The number of hydrogen-bond donors (Lipinski definition) is 0. The van der Waals surface area contributed by atoms with E-state index in [1.54, 1.807) is 6.07 Å². The number of fused-ring (bicyclic) bond motifs is 2. The maximum atomic E-state index is 14.4. The molecule has 0 bridgehead atoms. The van der Waals surface area contributed by atoms with Crippen molar-refractivity contribution in [3.63, 3.8) is 0 Å². The second kappa shape index (κ2) is 11.1. The molecule has 2 fully saturated rings. The molecule has 3 aliphatic heterocycles. The van der Waals surface area contributed by atoms with Gasteiger partial charge in [-0.1, -0.05) is 30.3 Å². The van der Waals surface area contributed by atoms with Crippen molar-refractivity contribution in [1.29, 1.82) is 0 Å². The average molecular weight is 552 g/mol. The van der Waals surface area contributed by atoms with E-state index < -0.39 is 0 Å². The molecule has 4 heterocycles. The Morgan fingerprint density at radius 3 is 2.56 bits per heavy atom. The maximum Gasteiger partial charge on any atom is 0.254 e. The lowest BCUT2D eigenvalue weighted by Crippen LogP contribution is -2.42. The maximum absolute atomic E-state index is 14.4. The van der Waals surface area contributed by atoms with Gasteiger partial charge in [0, 0.05) is 30.2 Å². The van der Waals surface area contributed by atoms with Crippen LogP contribution in [0, 0.1) is 5.82 Å². The zero-order valence-electron chi connectivity index (χ0n) is 23.2. The summed E-state index contributed by atoms with van der Waals surface area (Å²) in [5.74, 6) is 1.32. The Morgan fingerprint density at radius 2 is 1.68 bits per heavy atom. The van der Waals surface area contributed by atoms with Crippen LogP contribution >= 0.6 is 0 Å². The number of carbonyl (C=O) groups is 1. The fourth-order valence-electron chi connectivity index (χ4n) is 6.52. The second-order valence-corrected chi connectivity index (χ2v) is 11.4. The Bertz CT molecular complexity index is 1600. The van der Waals surface area contributed by atoms with Crippen LogP contribution in [0.3, 0.4) is 0 Å². The van der Waals surface area contributed by atoms with Gasteiger partial charge in [-0.2, -0.15) is 0 Å². The summed E-state index contributed by atoms with van der Waals surface area (Å²) in [6.07, 6.45) is 5.62. The molecule has 3 aliphatic rings. The van der Waals surface area contributed by atoms with Gasteiger partial charge in [0.2, 0.25) is 6.79 Å². The SMILES string of the molecule is O=C(c1cc(CCc2ccccc2F)nc2ccc(-c3ccc4c(c3)OCO4)cc12)N1CCC[C@H]1CN1CCCC1. The first-order chi connectivity index (χ1) is 20.1. The normalized spacial score (nSPS) is 18.5. The van der Waals surface area contributed by atoms with Crippen molar-refractivity contribution in [2.75, 3.05) is 33.0 Å². The van der Waals surface area contributed by atoms with Crippen molar-refractivity contribution < 1.29 is 18.7 Å². The Hall–Kier alpha value is -3.97. The predicted octanol–water partition coefficient (Wildman–Crippen LogP) is 6.26. The van der Waals surface area contributed by atoms with Gasteiger partial charge in [-0.3, -0.25) is 9.78 Å². The van der Waals surface area contributed by atoms with E-state index in [1.165, 1.54) is 18.9 Å². The van der Waals surface area contributed by atoms with Crippen molar-refractivity contribution in [3.8, 4) is 22.6 Å². The summed E-state index contributed by atoms with van der Waals surface area (Å²) in [6.45, 7) is 4.18. The van der Waals surface area contributed by atoms with Crippen LogP contribution in [0.15, 0.2) is 66.7 Å².